The van der Waals surface area contributed by atoms with Gasteiger partial charge in [0.15, 0.2) is 0 Å². The van der Waals surface area contributed by atoms with Crippen molar-refractivity contribution in [2.75, 3.05) is 0 Å². The van der Waals surface area contributed by atoms with E-state index in [-0.39, 0.29) is 201 Å². The summed E-state index contributed by atoms with van der Waals surface area (Å²) in [4.78, 5) is 28.6. The van der Waals surface area contributed by atoms with Crippen LogP contribution in [0.4, 0.5) is 0 Å². The molecule has 0 atom stereocenters. The third-order valence-corrected chi connectivity index (χ3v) is 0. The molecular weight excluding hydrogens is 381 g/mol. The van der Waals surface area contributed by atoms with Crippen molar-refractivity contribution in [3.8, 4) is 0 Å². The maximum absolute atomic E-state index is 8.74. The van der Waals surface area contributed by atoms with Crippen molar-refractivity contribution in [2.45, 2.75) is 0 Å². The molecule has 0 spiro atoms. The van der Waals surface area contributed by atoms with Crippen LogP contribution in [-0.4, -0.2) is 226 Å². The summed E-state index contributed by atoms with van der Waals surface area (Å²) in [7, 11) is -6.26. The first-order chi connectivity index (χ1) is 3.46. The first-order valence-corrected chi connectivity index (χ1v) is 3.91. The first-order valence-electron chi connectivity index (χ1n) is 1.30. The standard InChI is InChI=1S/5Ca.2N.2H2O3Si/c;;;;;;;2*1-4(2)3/h;;;;;;;2*1-2H/q5*+2;2*-3;;. The second kappa shape index (κ2) is 50.5. The molecule has 0 heterocycles. The Kier molecular flexibility index (Phi) is 199. The van der Waals surface area contributed by atoms with Crippen molar-refractivity contribution in [1.82, 2.24) is 0 Å². The summed E-state index contributed by atoms with van der Waals surface area (Å²) in [6, 6.07) is 0. The predicted molar refractivity (Wildman–Crippen MR) is 57.2 cm³/mol. The second-order valence-corrected chi connectivity index (χ2v) is 1.70. The molecule has 0 aliphatic rings. The molecule has 0 amide bonds. The molecule has 8 nitrogen and oxygen atoms in total. The minimum Gasteiger partial charge on any atom is -3.00 e. The van der Waals surface area contributed by atoms with E-state index in [0.29, 0.717) is 0 Å². The number of hydrogen-bond donors (Lipinski definition) is 4. The van der Waals surface area contributed by atoms with Crippen LogP contribution in [0.25, 0.3) is 12.3 Å². The van der Waals surface area contributed by atoms with Crippen LogP contribution in [0.2, 0.25) is 0 Å². The quantitative estimate of drug-likeness (QED) is 0.306. The van der Waals surface area contributed by atoms with Gasteiger partial charge in [-0.2, -0.15) is 0 Å². The Morgan fingerprint density at radius 1 is 0.533 bits per heavy atom. The summed E-state index contributed by atoms with van der Waals surface area (Å²) >= 11 is 0. The van der Waals surface area contributed by atoms with Gasteiger partial charge in [-0.3, -0.25) is 8.92 Å². The molecule has 0 radical (unpaired) electrons. The molecule has 64 valence electrons. The molecular formula is H4Ca5N2O6Si2+4. The van der Waals surface area contributed by atoms with Crippen LogP contribution >= 0.6 is 0 Å². The van der Waals surface area contributed by atoms with E-state index in [4.69, 9.17) is 28.1 Å². The van der Waals surface area contributed by atoms with Crippen molar-refractivity contribution in [3.63, 3.8) is 0 Å². The fraction of sp³-hybridized carbons (Fsp3) is 0. The Bertz CT molecular complexity index is 85.5. The summed E-state index contributed by atoms with van der Waals surface area (Å²) in [6.07, 6.45) is 0. The Morgan fingerprint density at radius 2 is 0.533 bits per heavy atom. The van der Waals surface area contributed by atoms with Gasteiger partial charge in [-0.25, -0.2) is 0 Å². The van der Waals surface area contributed by atoms with E-state index in [2.05, 4.69) is 0 Å². The van der Waals surface area contributed by atoms with Gasteiger partial charge in [-0.15, -0.1) is 0 Å². The molecule has 0 saturated carbocycles. The van der Waals surface area contributed by atoms with Crippen LogP contribution in [-0.2, 0) is 8.92 Å². The second-order valence-electron chi connectivity index (χ2n) is 0.565. The van der Waals surface area contributed by atoms with E-state index < -0.39 is 18.3 Å². The molecule has 4 N–H and O–H groups in total. The van der Waals surface area contributed by atoms with Gasteiger partial charge in [0.05, 0.1) is 0 Å². The Hall–Kier alpha value is 5.45. The molecule has 0 aliphatic carbocycles. The van der Waals surface area contributed by atoms with E-state index in [1.165, 1.54) is 0 Å². The topological polar surface area (TPSA) is 176 Å². The van der Waals surface area contributed by atoms with Crippen LogP contribution in [0.3, 0.4) is 0 Å². The van der Waals surface area contributed by atoms with Crippen LogP contribution in [0.15, 0.2) is 0 Å². The molecule has 15 heavy (non-hydrogen) atoms. The molecule has 0 bridgehead atoms. The molecule has 0 rings (SSSR count). The molecule has 0 aromatic rings. The fourth-order valence-corrected chi connectivity index (χ4v) is 0. The van der Waals surface area contributed by atoms with Gasteiger partial charge >= 0.3 is 207 Å². The first kappa shape index (κ1) is 59.0. The molecule has 0 aromatic carbocycles. The smallest absolute Gasteiger partial charge is 2.00 e. The third-order valence-electron chi connectivity index (χ3n) is 0. The summed E-state index contributed by atoms with van der Waals surface area (Å²) in [5.41, 5.74) is 0. The van der Waals surface area contributed by atoms with Crippen LogP contribution in [0.5, 0.6) is 0 Å². The SMILES string of the molecule is O=[Si](O)O.O=[Si](O)O.[Ca+2].[Ca+2].[Ca+2].[Ca+2].[Ca+2].[N-3].[N-3]. The number of nitrogens with zero attached hydrogens (tertiary/aromatic N) is 2. The average molecular weight is 385 g/mol. The van der Waals surface area contributed by atoms with E-state index in [9.17, 15) is 0 Å². The van der Waals surface area contributed by atoms with Gasteiger partial charge in [0, 0.05) is 0 Å². The van der Waals surface area contributed by atoms with Gasteiger partial charge in [-0.1, -0.05) is 0 Å². The van der Waals surface area contributed by atoms with Crippen molar-refractivity contribution in [3.05, 3.63) is 12.3 Å². The van der Waals surface area contributed by atoms with E-state index in [1.54, 1.807) is 0 Å². The minimum absolute atomic E-state index is 0. The molecule has 0 unspecified atom stereocenters. The Balaban J connectivity index is -0.00000000468. The van der Waals surface area contributed by atoms with Gasteiger partial charge < -0.3 is 31.5 Å². The third kappa shape index (κ3) is 199. The fourth-order valence-electron chi connectivity index (χ4n) is 0. The summed E-state index contributed by atoms with van der Waals surface area (Å²) in [5.74, 6) is 0. The Labute approximate surface area is 240 Å². The predicted octanol–water partition coefficient (Wildman–Crippen LogP) is -4.55. The number of rotatable bonds is 0. The molecule has 0 aromatic heterocycles. The van der Waals surface area contributed by atoms with Gasteiger partial charge in [0.2, 0.25) is 0 Å². The normalized spacial score (nSPS) is 3.20. The van der Waals surface area contributed by atoms with E-state index in [0.717, 1.165) is 0 Å². The van der Waals surface area contributed by atoms with Crippen LogP contribution < -0.4 is 0 Å². The van der Waals surface area contributed by atoms with Gasteiger partial charge in [0.25, 0.3) is 0 Å². The van der Waals surface area contributed by atoms with Crippen LogP contribution in [0, 0.1) is 0 Å². The summed E-state index contributed by atoms with van der Waals surface area (Å²) in [6.45, 7) is 0. The number of hydrogen-bond acceptors (Lipinski definition) is 2. The monoisotopic (exact) mass is 384 g/mol. The average Bonchev–Trinajstić information content (AvgIpc) is 1.25. The molecule has 0 saturated heterocycles. The largest absolute Gasteiger partial charge is 3.00 e. The maximum Gasteiger partial charge on any atom is 2.00 e. The molecule has 15 heteroatoms. The zero-order chi connectivity index (χ0) is 7.15. The summed E-state index contributed by atoms with van der Waals surface area (Å²) < 4.78 is 17.5. The zero-order valence-electron chi connectivity index (χ0n) is 8.04. The van der Waals surface area contributed by atoms with Crippen molar-refractivity contribution < 1.29 is 28.1 Å². The van der Waals surface area contributed by atoms with Crippen molar-refractivity contribution in [1.29, 1.82) is 0 Å². The van der Waals surface area contributed by atoms with E-state index in [1.807, 2.05) is 0 Å². The zero-order valence-corrected chi connectivity index (χ0v) is 21.1. The van der Waals surface area contributed by atoms with Crippen LogP contribution in [0.1, 0.15) is 0 Å². The maximum atomic E-state index is 8.74. The van der Waals surface area contributed by atoms with Gasteiger partial charge in [0.1, 0.15) is 0 Å². The molecule has 0 fully saturated rings. The van der Waals surface area contributed by atoms with Gasteiger partial charge in [-0.05, 0) is 0 Å². The van der Waals surface area contributed by atoms with E-state index >= 15 is 0 Å². The summed E-state index contributed by atoms with van der Waals surface area (Å²) in [5, 5.41) is 0. The van der Waals surface area contributed by atoms with Crippen molar-refractivity contribution in [2.24, 2.45) is 0 Å². The Morgan fingerprint density at radius 3 is 0.533 bits per heavy atom. The molecule has 0 aliphatic heterocycles. The minimum atomic E-state index is -3.13. The van der Waals surface area contributed by atoms with Crippen molar-refractivity contribution >= 4 is 207 Å².